The largest absolute Gasteiger partial charge is 0.378 e. The highest BCUT2D eigenvalue weighted by atomic mass is 32.1. The summed E-state index contributed by atoms with van der Waals surface area (Å²) in [5.41, 5.74) is 1.16. The van der Waals surface area contributed by atoms with E-state index in [0.29, 0.717) is 12.0 Å². The standard InChI is InChI=1S/C19H35N5OS/c1-5-25-17(15(2)3)9-11-22-18(20-4)21-10-8-16-14-26-19(23-16)24-12-6-7-13-24/h14-15,17H,5-13H2,1-4H3,(H2,20,21,22). The molecule has 0 bridgehead atoms. The number of anilines is 1. The molecular formula is C19H35N5OS. The average molecular weight is 382 g/mol. The van der Waals surface area contributed by atoms with Gasteiger partial charge in [0.25, 0.3) is 0 Å². The molecule has 1 aliphatic heterocycles. The molecule has 1 aromatic heterocycles. The summed E-state index contributed by atoms with van der Waals surface area (Å²) in [6, 6.07) is 0. The second kappa shape index (κ2) is 11.4. The van der Waals surface area contributed by atoms with Crippen molar-refractivity contribution in [2.45, 2.75) is 52.6 Å². The van der Waals surface area contributed by atoms with E-state index < -0.39 is 0 Å². The van der Waals surface area contributed by atoms with Crippen molar-refractivity contribution in [1.82, 2.24) is 15.6 Å². The van der Waals surface area contributed by atoms with E-state index >= 15 is 0 Å². The van der Waals surface area contributed by atoms with Crippen LogP contribution in [0.2, 0.25) is 0 Å². The van der Waals surface area contributed by atoms with Crippen LogP contribution in [0.15, 0.2) is 10.4 Å². The van der Waals surface area contributed by atoms with Gasteiger partial charge >= 0.3 is 0 Å². The van der Waals surface area contributed by atoms with Crippen molar-refractivity contribution in [2.75, 3.05) is 44.7 Å². The van der Waals surface area contributed by atoms with Crippen molar-refractivity contribution in [3.05, 3.63) is 11.1 Å². The lowest BCUT2D eigenvalue weighted by Gasteiger charge is -2.21. The summed E-state index contributed by atoms with van der Waals surface area (Å²) in [5.74, 6) is 1.38. The molecule has 148 valence electrons. The fourth-order valence-electron chi connectivity index (χ4n) is 3.15. The number of guanidine groups is 1. The maximum absolute atomic E-state index is 5.79. The van der Waals surface area contributed by atoms with Crippen LogP contribution in [0.25, 0.3) is 0 Å². The predicted octanol–water partition coefficient (Wildman–Crippen LogP) is 2.90. The summed E-state index contributed by atoms with van der Waals surface area (Å²) in [5, 5.41) is 10.1. The molecule has 0 radical (unpaired) electrons. The molecule has 1 aromatic rings. The zero-order valence-corrected chi connectivity index (χ0v) is 17.6. The molecule has 0 amide bonds. The molecule has 1 atom stereocenters. The van der Waals surface area contributed by atoms with E-state index in [1.165, 1.54) is 18.0 Å². The highest BCUT2D eigenvalue weighted by Gasteiger charge is 2.15. The highest BCUT2D eigenvalue weighted by molar-refractivity contribution is 7.13. The number of nitrogens with one attached hydrogen (secondary N) is 2. The van der Waals surface area contributed by atoms with Crippen LogP contribution >= 0.6 is 11.3 Å². The van der Waals surface area contributed by atoms with E-state index in [-0.39, 0.29) is 0 Å². The molecule has 1 saturated heterocycles. The second-order valence-corrected chi connectivity index (χ2v) is 7.85. The van der Waals surface area contributed by atoms with Crippen molar-refractivity contribution < 1.29 is 4.74 Å². The van der Waals surface area contributed by atoms with Gasteiger partial charge in [0, 0.05) is 51.6 Å². The summed E-state index contributed by atoms with van der Waals surface area (Å²) in [6.45, 7) is 11.2. The van der Waals surface area contributed by atoms with E-state index in [1.54, 1.807) is 11.3 Å². The average Bonchev–Trinajstić information content (AvgIpc) is 3.30. The molecule has 7 heteroatoms. The van der Waals surface area contributed by atoms with Gasteiger partial charge in [0.2, 0.25) is 0 Å². The third-order valence-corrected chi connectivity index (χ3v) is 5.61. The number of nitrogens with zero attached hydrogens (tertiary/aromatic N) is 3. The van der Waals surface area contributed by atoms with E-state index in [1.807, 2.05) is 7.05 Å². The van der Waals surface area contributed by atoms with Gasteiger partial charge in [0.1, 0.15) is 0 Å². The van der Waals surface area contributed by atoms with Gasteiger partial charge in [-0.1, -0.05) is 13.8 Å². The molecule has 1 fully saturated rings. The second-order valence-electron chi connectivity index (χ2n) is 7.02. The number of rotatable bonds is 10. The van der Waals surface area contributed by atoms with Crippen LogP contribution in [0.3, 0.4) is 0 Å². The molecule has 0 aliphatic carbocycles. The fourth-order valence-corrected chi connectivity index (χ4v) is 4.06. The molecule has 1 unspecified atom stereocenters. The van der Waals surface area contributed by atoms with Gasteiger partial charge in [0.15, 0.2) is 11.1 Å². The molecule has 0 aromatic carbocycles. The molecule has 26 heavy (non-hydrogen) atoms. The summed E-state index contributed by atoms with van der Waals surface area (Å²) in [7, 11) is 1.81. The van der Waals surface area contributed by atoms with Crippen molar-refractivity contribution in [1.29, 1.82) is 0 Å². The topological polar surface area (TPSA) is 61.8 Å². The Morgan fingerprint density at radius 1 is 1.31 bits per heavy atom. The Balaban J connectivity index is 1.67. The molecule has 0 spiro atoms. The van der Waals surface area contributed by atoms with Gasteiger partial charge < -0.3 is 20.3 Å². The van der Waals surface area contributed by atoms with Crippen LogP contribution in [0.4, 0.5) is 5.13 Å². The van der Waals surface area contributed by atoms with Gasteiger partial charge in [-0.05, 0) is 32.1 Å². The molecule has 1 aliphatic rings. The Bertz CT molecular complexity index is 540. The maximum Gasteiger partial charge on any atom is 0.190 e. The number of hydrogen-bond acceptors (Lipinski definition) is 5. The first kappa shape index (κ1) is 21.0. The zero-order chi connectivity index (χ0) is 18.8. The van der Waals surface area contributed by atoms with Crippen molar-refractivity contribution >= 4 is 22.4 Å². The third-order valence-electron chi connectivity index (χ3n) is 4.66. The molecule has 0 saturated carbocycles. The van der Waals surface area contributed by atoms with E-state index in [9.17, 15) is 0 Å². The Morgan fingerprint density at radius 2 is 2.04 bits per heavy atom. The first-order chi connectivity index (χ1) is 12.6. The van der Waals surface area contributed by atoms with E-state index in [4.69, 9.17) is 9.72 Å². The highest BCUT2D eigenvalue weighted by Crippen LogP contribution is 2.24. The number of thiazole rings is 1. The van der Waals surface area contributed by atoms with Gasteiger partial charge in [-0.25, -0.2) is 4.98 Å². The van der Waals surface area contributed by atoms with Crippen LogP contribution < -0.4 is 15.5 Å². The quantitative estimate of drug-likeness (QED) is 0.482. The lowest BCUT2D eigenvalue weighted by Crippen LogP contribution is -2.40. The Hall–Kier alpha value is -1.34. The van der Waals surface area contributed by atoms with E-state index in [2.05, 4.69) is 46.7 Å². The third kappa shape index (κ3) is 6.76. The monoisotopic (exact) mass is 381 g/mol. The number of aliphatic imine (C=N–C) groups is 1. The SMILES string of the molecule is CCOC(CCNC(=NC)NCCc1csc(N2CCCC2)n1)C(C)C. The molecular weight excluding hydrogens is 346 g/mol. The lowest BCUT2D eigenvalue weighted by molar-refractivity contribution is 0.0258. The Labute approximate surface area is 162 Å². The normalized spacial score (nSPS) is 16.3. The number of hydrogen-bond donors (Lipinski definition) is 2. The van der Waals surface area contributed by atoms with Gasteiger partial charge in [-0.3, -0.25) is 4.99 Å². The first-order valence-corrected chi connectivity index (χ1v) is 10.8. The van der Waals surface area contributed by atoms with Crippen LogP contribution in [-0.2, 0) is 11.2 Å². The smallest absolute Gasteiger partial charge is 0.190 e. The van der Waals surface area contributed by atoms with Crippen LogP contribution in [0, 0.1) is 5.92 Å². The first-order valence-electron chi connectivity index (χ1n) is 9.89. The van der Waals surface area contributed by atoms with E-state index in [0.717, 1.165) is 57.3 Å². The zero-order valence-electron chi connectivity index (χ0n) is 16.8. The van der Waals surface area contributed by atoms with Crippen LogP contribution in [0.5, 0.6) is 0 Å². The fraction of sp³-hybridized carbons (Fsp3) is 0.789. The van der Waals surface area contributed by atoms with Gasteiger partial charge in [-0.15, -0.1) is 11.3 Å². The molecule has 2 N–H and O–H groups in total. The number of aromatic nitrogens is 1. The minimum atomic E-state index is 0.296. The lowest BCUT2D eigenvalue weighted by atomic mass is 10.0. The number of ether oxygens (including phenoxy) is 1. The Morgan fingerprint density at radius 3 is 2.69 bits per heavy atom. The summed E-state index contributed by atoms with van der Waals surface area (Å²) < 4.78 is 5.79. The minimum absolute atomic E-state index is 0.296. The minimum Gasteiger partial charge on any atom is -0.378 e. The Kier molecular flexibility index (Phi) is 9.18. The van der Waals surface area contributed by atoms with Crippen molar-refractivity contribution in [3.63, 3.8) is 0 Å². The summed E-state index contributed by atoms with van der Waals surface area (Å²) in [6.07, 6.45) is 4.78. The van der Waals surface area contributed by atoms with Crippen LogP contribution in [0.1, 0.15) is 45.7 Å². The predicted molar refractivity (Wildman–Crippen MR) is 111 cm³/mol. The maximum atomic E-state index is 5.79. The van der Waals surface area contributed by atoms with Gasteiger partial charge in [0.05, 0.1) is 11.8 Å². The molecule has 2 heterocycles. The summed E-state index contributed by atoms with van der Waals surface area (Å²) >= 11 is 1.76. The van der Waals surface area contributed by atoms with Crippen molar-refractivity contribution in [2.24, 2.45) is 10.9 Å². The van der Waals surface area contributed by atoms with Crippen LogP contribution in [-0.4, -0.2) is 56.9 Å². The molecule has 6 nitrogen and oxygen atoms in total. The summed E-state index contributed by atoms with van der Waals surface area (Å²) in [4.78, 5) is 11.5. The molecule has 2 rings (SSSR count). The van der Waals surface area contributed by atoms with Crippen molar-refractivity contribution in [3.8, 4) is 0 Å². The van der Waals surface area contributed by atoms with Gasteiger partial charge in [-0.2, -0.15) is 0 Å².